The van der Waals surface area contributed by atoms with E-state index in [2.05, 4.69) is 5.32 Å². The Balaban J connectivity index is 1.60. The first-order valence-electron chi connectivity index (χ1n) is 10.1. The number of piperidine rings is 1. The minimum absolute atomic E-state index is 0.0817. The van der Waals surface area contributed by atoms with Gasteiger partial charge in [0.05, 0.1) is 6.26 Å². The summed E-state index contributed by atoms with van der Waals surface area (Å²) in [6.07, 6.45) is 2.58. The molecule has 0 bridgehead atoms. The Morgan fingerprint density at radius 1 is 1.00 bits per heavy atom. The molecular weight excluding hydrogens is 400 g/mol. The molecule has 4 rings (SSSR count). The van der Waals surface area contributed by atoms with Crippen molar-refractivity contribution in [2.75, 3.05) is 25.9 Å². The molecule has 2 N–H and O–H groups in total. The van der Waals surface area contributed by atoms with Crippen LogP contribution in [0.25, 0.3) is 0 Å². The van der Waals surface area contributed by atoms with Crippen LogP contribution in [0.1, 0.15) is 24.0 Å². The number of amides is 1. The highest BCUT2D eigenvalue weighted by molar-refractivity contribution is 7.88. The van der Waals surface area contributed by atoms with Crippen molar-refractivity contribution < 1.29 is 13.2 Å². The van der Waals surface area contributed by atoms with E-state index >= 15 is 0 Å². The highest BCUT2D eigenvalue weighted by Crippen LogP contribution is 2.36. The van der Waals surface area contributed by atoms with Crippen LogP contribution in [-0.4, -0.2) is 55.4 Å². The number of nitrogens with one attached hydrogen (secondary N) is 2. The van der Waals surface area contributed by atoms with Gasteiger partial charge in [-0.3, -0.25) is 15.1 Å². The van der Waals surface area contributed by atoms with Crippen molar-refractivity contribution in [2.45, 2.75) is 18.4 Å². The minimum atomic E-state index is -3.19. The number of rotatable bonds is 5. The number of carbonyl (C=O) groups is 1. The van der Waals surface area contributed by atoms with Gasteiger partial charge < -0.3 is 5.32 Å². The molecule has 2 fully saturated rings. The maximum atomic E-state index is 13.8. The lowest BCUT2D eigenvalue weighted by molar-refractivity contribution is -0.130. The number of nitrogens with zero attached hydrogens (tertiary/aromatic N) is 2. The predicted molar refractivity (Wildman–Crippen MR) is 115 cm³/mol. The Labute approximate surface area is 177 Å². The van der Waals surface area contributed by atoms with Gasteiger partial charge in [0.25, 0.3) is 5.91 Å². The maximum Gasteiger partial charge on any atom is 0.264 e. The Hall–Kier alpha value is -2.71. The molecule has 158 valence electrons. The van der Waals surface area contributed by atoms with Gasteiger partial charge in [0.1, 0.15) is 0 Å². The number of hydrogen-bond donors (Lipinski definition) is 2. The summed E-state index contributed by atoms with van der Waals surface area (Å²) in [6, 6.07) is 19.0. The first-order chi connectivity index (χ1) is 14.3. The molecule has 30 heavy (non-hydrogen) atoms. The minimum Gasteiger partial charge on any atom is -0.334 e. The fourth-order valence-corrected chi connectivity index (χ4v) is 5.27. The topological polar surface area (TPSA) is 93.6 Å². The summed E-state index contributed by atoms with van der Waals surface area (Å²) in [6.45, 7) is 1.31. The molecular formula is C22H26N4O3S. The van der Waals surface area contributed by atoms with Crippen molar-refractivity contribution >= 4 is 21.9 Å². The van der Waals surface area contributed by atoms with Gasteiger partial charge >= 0.3 is 0 Å². The van der Waals surface area contributed by atoms with E-state index in [4.69, 9.17) is 5.41 Å². The number of sulfonamides is 1. The number of carbonyl (C=O) groups excluding carboxylic acids is 1. The first-order valence-corrected chi connectivity index (χ1v) is 11.9. The fourth-order valence-electron chi connectivity index (χ4n) is 4.39. The Bertz CT molecular complexity index is 993. The van der Waals surface area contributed by atoms with Gasteiger partial charge in [-0.2, -0.15) is 0 Å². The highest BCUT2D eigenvalue weighted by atomic mass is 32.2. The normalized spacial score (nSPS) is 20.4. The molecule has 1 amide bonds. The Kier molecular flexibility index (Phi) is 5.38. The van der Waals surface area contributed by atoms with E-state index in [9.17, 15) is 13.2 Å². The van der Waals surface area contributed by atoms with E-state index in [0.29, 0.717) is 32.5 Å². The van der Waals surface area contributed by atoms with Crippen molar-refractivity contribution in [1.29, 1.82) is 5.41 Å². The molecule has 0 aliphatic carbocycles. The Morgan fingerprint density at radius 3 is 1.97 bits per heavy atom. The van der Waals surface area contributed by atoms with Crippen LogP contribution in [0.2, 0.25) is 0 Å². The highest BCUT2D eigenvalue weighted by Gasteiger charge is 2.52. The van der Waals surface area contributed by atoms with Crippen LogP contribution in [0.4, 0.5) is 0 Å². The van der Waals surface area contributed by atoms with Crippen LogP contribution in [0, 0.1) is 11.3 Å². The van der Waals surface area contributed by atoms with Crippen molar-refractivity contribution in [3.05, 3.63) is 71.8 Å². The third-order valence-corrected chi connectivity index (χ3v) is 7.34. The SMILES string of the molecule is CS(=O)(=O)N1CCC(CN2C(=N)NC(c3ccccc3)(c3ccccc3)C2=O)CC1. The van der Waals surface area contributed by atoms with Crippen molar-refractivity contribution in [3.63, 3.8) is 0 Å². The molecule has 0 saturated carbocycles. The lowest BCUT2D eigenvalue weighted by Crippen LogP contribution is -2.46. The fraction of sp³-hybridized carbons (Fsp3) is 0.364. The van der Waals surface area contributed by atoms with Gasteiger partial charge in [-0.25, -0.2) is 12.7 Å². The van der Waals surface area contributed by atoms with E-state index in [1.165, 1.54) is 15.5 Å². The van der Waals surface area contributed by atoms with Crippen LogP contribution < -0.4 is 5.32 Å². The quantitative estimate of drug-likeness (QED) is 0.764. The van der Waals surface area contributed by atoms with Gasteiger partial charge in [-0.05, 0) is 29.9 Å². The molecule has 0 spiro atoms. The number of benzene rings is 2. The molecule has 7 nitrogen and oxygen atoms in total. The average molecular weight is 427 g/mol. The summed E-state index contributed by atoms with van der Waals surface area (Å²) < 4.78 is 25.0. The van der Waals surface area contributed by atoms with Crippen molar-refractivity contribution in [1.82, 2.24) is 14.5 Å². The molecule has 0 radical (unpaired) electrons. The molecule has 8 heteroatoms. The van der Waals surface area contributed by atoms with Crippen LogP contribution >= 0.6 is 0 Å². The average Bonchev–Trinajstić information content (AvgIpc) is 3.00. The number of hydrogen-bond acceptors (Lipinski definition) is 4. The van der Waals surface area contributed by atoms with E-state index in [0.717, 1.165) is 11.1 Å². The zero-order chi connectivity index (χ0) is 21.4. The standard InChI is InChI=1S/C22H26N4O3S/c1-30(28,29)25-14-12-17(13-15-25)16-26-20(27)22(24-21(26)23,18-8-4-2-5-9-18)19-10-6-3-7-11-19/h2-11,17H,12-16H2,1H3,(H2,23,24). The largest absolute Gasteiger partial charge is 0.334 e. The maximum absolute atomic E-state index is 13.8. The lowest BCUT2D eigenvalue weighted by atomic mass is 9.82. The molecule has 0 atom stereocenters. The van der Waals surface area contributed by atoms with E-state index in [-0.39, 0.29) is 17.8 Å². The zero-order valence-corrected chi connectivity index (χ0v) is 17.7. The summed E-state index contributed by atoms with van der Waals surface area (Å²) in [4.78, 5) is 15.3. The predicted octanol–water partition coefficient (Wildman–Crippen LogP) is 1.97. The smallest absolute Gasteiger partial charge is 0.264 e. The van der Waals surface area contributed by atoms with E-state index in [1.807, 2.05) is 60.7 Å². The molecule has 2 heterocycles. The first kappa shape index (κ1) is 20.6. The number of guanidine groups is 1. The van der Waals surface area contributed by atoms with E-state index < -0.39 is 15.6 Å². The summed E-state index contributed by atoms with van der Waals surface area (Å²) in [5.74, 6) is 0.0603. The van der Waals surface area contributed by atoms with E-state index in [1.54, 1.807) is 0 Å². The van der Waals surface area contributed by atoms with Gasteiger partial charge in [-0.15, -0.1) is 0 Å². The Morgan fingerprint density at radius 2 is 1.50 bits per heavy atom. The summed E-state index contributed by atoms with van der Waals surface area (Å²) in [5.41, 5.74) is 0.452. The second kappa shape index (κ2) is 7.85. The summed E-state index contributed by atoms with van der Waals surface area (Å²) in [7, 11) is -3.19. The van der Waals surface area contributed by atoms with Crippen LogP contribution in [0.3, 0.4) is 0 Å². The molecule has 2 saturated heterocycles. The molecule has 0 unspecified atom stereocenters. The third-order valence-electron chi connectivity index (χ3n) is 6.04. The molecule has 2 aromatic rings. The monoisotopic (exact) mass is 426 g/mol. The molecule has 2 aliphatic heterocycles. The van der Waals surface area contributed by atoms with Gasteiger partial charge in [0.15, 0.2) is 11.5 Å². The third kappa shape index (κ3) is 3.61. The van der Waals surface area contributed by atoms with Crippen LogP contribution in [0.15, 0.2) is 60.7 Å². The van der Waals surface area contributed by atoms with Crippen LogP contribution in [0.5, 0.6) is 0 Å². The lowest BCUT2D eigenvalue weighted by Gasteiger charge is -2.32. The second-order valence-corrected chi connectivity index (χ2v) is 9.96. The van der Waals surface area contributed by atoms with Gasteiger partial charge in [-0.1, -0.05) is 60.7 Å². The van der Waals surface area contributed by atoms with Crippen molar-refractivity contribution in [2.24, 2.45) is 5.92 Å². The second-order valence-electron chi connectivity index (χ2n) is 7.98. The zero-order valence-electron chi connectivity index (χ0n) is 16.9. The van der Waals surface area contributed by atoms with Gasteiger partial charge in [0.2, 0.25) is 10.0 Å². The van der Waals surface area contributed by atoms with Crippen molar-refractivity contribution in [3.8, 4) is 0 Å². The molecule has 0 aromatic heterocycles. The van der Waals surface area contributed by atoms with Gasteiger partial charge in [0, 0.05) is 19.6 Å². The molecule has 2 aromatic carbocycles. The van der Waals surface area contributed by atoms with Crippen LogP contribution in [-0.2, 0) is 20.4 Å². The summed E-state index contributed by atoms with van der Waals surface area (Å²) in [5, 5.41) is 11.7. The summed E-state index contributed by atoms with van der Waals surface area (Å²) >= 11 is 0. The molecule has 2 aliphatic rings.